The lowest BCUT2D eigenvalue weighted by Gasteiger charge is -2.20. The van der Waals surface area contributed by atoms with Gasteiger partial charge in [0.2, 0.25) is 0 Å². The number of unbranched alkanes of at least 4 members (excludes halogenated alkanes) is 3. The molecule has 1 aromatic rings. The van der Waals surface area contributed by atoms with Crippen LogP contribution in [0.5, 0.6) is 0 Å². The number of para-hydroxylation sites is 1. The van der Waals surface area contributed by atoms with Crippen molar-refractivity contribution in [3.8, 4) is 0 Å². The molecule has 3 heteroatoms. The zero-order chi connectivity index (χ0) is 13.5. The summed E-state index contributed by atoms with van der Waals surface area (Å²) in [6.07, 6.45) is 6.96. The van der Waals surface area contributed by atoms with Crippen LogP contribution >= 0.6 is 0 Å². The summed E-state index contributed by atoms with van der Waals surface area (Å²) in [6, 6.07) is 6.01. The Morgan fingerprint density at radius 2 is 2.21 bits per heavy atom. The second kappa shape index (κ2) is 7.17. The van der Waals surface area contributed by atoms with E-state index in [1.807, 2.05) is 12.1 Å². The minimum Gasteiger partial charge on any atom is -0.384 e. The van der Waals surface area contributed by atoms with Crippen LogP contribution in [-0.2, 0) is 6.42 Å². The van der Waals surface area contributed by atoms with Crippen LogP contribution in [0.3, 0.4) is 0 Å². The van der Waals surface area contributed by atoms with Crippen molar-refractivity contribution in [2.75, 3.05) is 18.4 Å². The van der Waals surface area contributed by atoms with Crippen LogP contribution in [0.25, 0.3) is 0 Å². The van der Waals surface area contributed by atoms with Gasteiger partial charge in [-0.3, -0.25) is 4.79 Å². The molecule has 2 rings (SSSR count). The average Bonchev–Trinajstić information content (AvgIpc) is 2.46. The number of carbonyl (C=O) groups is 1. The van der Waals surface area contributed by atoms with Crippen molar-refractivity contribution in [1.82, 2.24) is 5.32 Å². The molecule has 0 aromatic heterocycles. The van der Waals surface area contributed by atoms with Crippen molar-refractivity contribution in [1.29, 1.82) is 0 Å². The molecule has 1 aliphatic rings. The number of hydrogen-bond donors (Lipinski definition) is 2. The maximum absolute atomic E-state index is 12.2. The fourth-order valence-corrected chi connectivity index (χ4v) is 2.55. The number of benzene rings is 1. The molecular formula is C16H24N2O. The van der Waals surface area contributed by atoms with Crippen LogP contribution in [0.1, 0.15) is 54.9 Å². The Morgan fingerprint density at radius 3 is 3.05 bits per heavy atom. The zero-order valence-corrected chi connectivity index (χ0v) is 11.8. The molecule has 0 radical (unpaired) electrons. The van der Waals surface area contributed by atoms with E-state index in [0.717, 1.165) is 43.6 Å². The van der Waals surface area contributed by atoms with Gasteiger partial charge in [-0.25, -0.2) is 0 Å². The number of anilines is 1. The number of aryl methyl sites for hydroxylation is 1. The summed E-state index contributed by atoms with van der Waals surface area (Å²) in [4.78, 5) is 12.2. The second-order valence-electron chi connectivity index (χ2n) is 5.19. The summed E-state index contributed by atoms with van der Waals surface area (Å²) in [6.45, 7) is 3.94. The van der Waals surface area contributed by atoms with E-state index in [2.05, 4.69) is 23.6 Å². The van der Waals surface area contributed by atoms with Gasteiger partial charge in [0.1, 0.15) is 0 Å². The first-order chi connectivity index (χ1) is 9.33. The lowest BCUT2D eigenvalue weighted by atomic mass is 9.99. The molecule has 1 heterocycles. The average molecular weight is 260 g/mol. The van der Waals surface area contributed by atoms with Gasteiger partial charge >= 0.3 is 0 Å². The van der Waals surface area contributed by atoms with E-state index in [-0.39, 0.29) is 5.91 Å². The molecule has 0 aliphatic carbocycles. The van der Waals surface area contributed by atoms with E-state index in [0.29, 0.717) is 0 Å². The van der Waals surface area contributed by atoms with Gasteiger partial charge in [-0.2, -0.15) is 0 Å². The van der Waals surface area contributed by atoms with E-state index in [1.165, 1.54) is 24.8 Å². The van der Waals surface area contributed by atoms with E-state index in [9.17, 15) is 4.79 Å². The Balaban J connectivity index is 1.92. The number of nitrogens with one attached hydrogen (secondary N) is 2. The SMILES string of the molecule is CCCCCCNC(=O)c1cccc2c1NCCC2. The first-order valence-electron chi connectivity index (χ1n) is 7.47. The topological polar surface area (TPSA) is 41.1 Å². The highest BCUT2D eigenvalue weighted by atomic mass is 16.1. The lowest BCUT2D eigenvalue weighted by Crippen LogP contribution is -2.26. The van der Waals surface area contributed by atoms with E-state index in [4.69, 9.17) is 0 Å². The monoisotopic (exact) mass is 260 g/mol. The first kappa shape index (κ1) is 13.9. The summed E-state index contributed by atoms with van der Waals surface area (Å²) in [7, 11) is 0. The number of carbonyl (C=O) groups excluding carboxylic acids is 1. The summed E-state index contributed by atoms with van der Waals surface area (Å²) < 4.78 is 0. The van der Waals surface area contributed by atoms with Gasteiger partial charge in [0.15, 0.2) is 0 Å². The van der Waals surface area contributed by atoms with Crippen molar-refractivity contribution in [2.45, 2.75) is 45.4 Å². The molecule has 0 unspecified atom stereocenters. The maximum atomic E-state index is 12.2. The van der Waals surface area contributed by atoms with E-state index in [1.54, 1.807) is 0 Å². The van der Waals surface area contributed by atoms with Gasteiger partial charge in [0.25, 0.3) is 5.91 Å². The molecule has 3 nitrogen and oxygen atoms in total. The molecule has 104 valence electrons. The third-order valence-corrected chi connectivity index (χ3v) is 3.64. The van der Waals surface area contributed by atoms with Gasteiger partial charge in [-0.05, 0) is 30.9 Å². The zero-order valence-electron chi connectivity index (χ0n) is 11.8. The predicted molar refractivity (Wildman–Crippen MR) is 79.7 cm³/mol. The predicted octanol–water partition coefficient (Wildman–Crippen LogP) is 3.35. The second-order valence-corrected chi connectivity index (χ2v) is 5.19. The molecule has 0 spiro atoms. The van der Waals surface area contributed by atoms with Crippen LogP contribution in [0, 0.1) is 0 Å². The van der Waals surface area contributed by atoms with Gasteiger partial charge < -0.3 is 10.6 Å². The molecule has 19 heavy (non-hydrogen) atoms. The van der Waals surface area contributed by atoms with Crippen LogP contribution < -0.4 is 10.6 Å². The molecule has 0 atom stereocenters. The molecule has 2 N–H and O–H groups in total. The minimum absolute atomic E-state index is 0.0581. The van der Waals surface area contributed by atoms with Crippen LogP contribution in [0.2, 0.25) is 0 Å². The third-order valence-electron chi connectivity index (χ3n) is 3.64. The quantitative estimate of drug-likeness (QED) is 0.770. The van der Waals surface area contributed by atoms with Gasteiger partial charge in [0, 0.05) is 13.1 Å². The van der Waals surface area contributed by atoms with E-state index >= 15 is 0 Å². The Bertz CT molecular complexity index is 429. The Kier molecular flexibility index (Phi) is 5.25. The van der Waals surface area contributed by atoms with Crippen molar-refractivity contribution in [3.05, 3.63) is 29.3 Å². The molecule has 0 bridgehead atoms. The van der Waals surface area contributed by atoms with Gasteiger partial charge in [-0.15, -0.1) is 0 Å². The molecule has 0 saturated carbocycles. The van der Waals surface area contributed by atoms with Crippen LogP contribution in [0.15, 0.2) is 18.2 Å². The summed E-state index contributed by atoms with van der Waals surface area (Å²) in [5.41, 5.74) is 3.11. The Morgan fingerprint density at radius 1 is 1.32 bits per heavy atom. The number of rotatable bonds is 6. The maximum Gasteiger partial charge on any atom is 0.253 e. The van der Waals surface area contributed by atoms with Gasteiger partial charge in [0.05, 0.1) is 11.3 Å². The largest absolute Gasteiger partial charge is 0.384 e. The third kappa shape index (κ3) is 3.72. The van der Waals surface area contributed by atoms with Gasteiger partial charge in [-0.1, -0.05) is 38.3 Å². The highest BCUT2D eigenvalue weighted by molar-refractivity contribution is 6.00. The van der Waals surface area contributed by atoms with Crippen molar-refractivity contribution >= 4 is 11.6 Å². The normalized spacial score (nSPS) is 13.5. The molecule has 1 amide bonds. The Labute approximate surface area is 115 Å². The standard InChI is InChI=1S/C16H24N2O/c1-2-3-4-5-11-18-16(19)14-10-6-8-13-9-7-12-17-15(13)14/h6,8,10,17H,2-5,7,9,11-12H2,1H3,(H,18,19). The highest BCUT2D eigenvalue weighted by Gasteiger charge is 2.16. The van der Waals surface area contributed by atoms with E-state index < -0.39 is 0 Å². The van der Waals surface area contributed by atoms with Crippen LogP contribution in [-0.4, -0.2) is 19.0 Å². The first-order valence-corrected chi connectivity index (χ1v) is 7.47. The lowest BCUT2D eigenvalue weighted by molar-refractivity contribution is 0.0953. The highest BCUT2D eigenvalue weighted by Crippen LogP contribution is 2.25. The molecule has 0 saturated heterocycles. The molecule has 0 fully saturated rings. The summed E-state index contributed by atoms with van der Waals surface area (Å²) >= 11 is 0. The van der Waals surface area contributed by atoms with Crippen molar-refractivity contribution < 1.29 is 4.79 Å². The summed E-state index contributed by atoms with van der Waals surface area (Å²) in [5.74, 6) is 0.0581. The smallest absolute Gasteiger partial charge is 0.253 e. The number of fused-ring (bicyclic) bond motifs is 1. The summed E-state index contributed by atoms with van der Waals surface area (Å²) in [5, 5.41) is 6.39. The Hall–Kier alpha value is -1.51. The molecule has 1 aliphatic heterocycles. The van der Waals surface area contributed by atoms with Crippen LogP contribution in [0.4, 0.5) is 5.69 Å². The number of amides is 1. The number of hydrogen-bond acceptors (Lipinski definition) is 2. The fraction of sp³-hybridized carbons (Fsp3) is 0.562. The molecular weight excluding hydrogens is 236 g/mol. The van der Waals surface area contributed by atoms with Crippen molar-refractivity contribution in [3.63, 3.8) is 0 Å². The van der Waals surface area contributed by atoms with Crippen molar-refractivity contribution in [2.24, 2.45) is 0 Å². The minimum atomic E-state index is 0.0581. The molecule has 1 aromatic carbocycles. The fourth-order valence-electron chi connectivity index (χ4n) is 2.55.